The Morgan fingerprint density at radius 2 is 1.77 bits per heavy atom. The van der Waals surface area contributed by atoms with Crippen LogP contribution in [0.3, 0.4) is 0 Å². The van der Waals surface area contributed by atoms with Gasteiger partial charge in [0.25, 0.3) is 0 Å². The Balaban J connectivity index is 1.80. The molecule has 0 aliphatic heterocycles. The van der Waals surface area contributed by atoms with Crippen molar-refractivity contribution in [2.24, 2.45) is 5.41 Å². The highest BCUT2D eigenvalue weighted by Gasteiger charge is 2.35. The average Bonchev–Trinajstić information content (AvgIpc) is 2.64. The molecule has 1 heterocycles. The van der Waals surface area contributed by atoms with Gasteiger partial charge < -0.3 is 10.6 Å². The van der Waals surface area contributed by atoms with Crippen molar-refractivity contribution in [2.45, 2.75) is 40.5 Å². The fraction of sp³-hybridized carbons (Fsp3) is 0.292. The lowest BCUT2D eigenvalue weighted by molar-refractivity contribution is 0.0911. The van der Waals surface area contributed by atoms with Crippen molar-refractivity contribution in [1.82, 2.24) is 9.97 Å². The number of anilines is 4. The summed E-state index contributed by atoms with van der Waals surface area (Å²) in [6, 6.07) is 13.7. The van der Waals surface area contributed by atoms with E-state index in [-0.39, 0.29) is 11.2 Å². The van der Waals surface area contributed by atoms with Gasteiger partial charge in [0, 0.05) is 22.8 Å². The lowest BCUT2D eigenvalue weighted by Gasteiger charge is -2.30. The topological polar surface area (TPSA) is 66.9 Å². The Labute approximate surface area is 181 Å². The smallest absolute Gasteiger partial charge is 0.229 e. The third-order valence-electron chi connectivity index (χ3n) is 5.34. The third kappa shape index (κ3) is 4.17. The van der Waals surface area contributed by atoms with E-state index in [0.29, 0.717) is 35.2 Å². The third-order valence-corrected chi connectivity index (χ3v) is 5.75. The molecule has 2 N–H and O–H groups in total. The number of nitrogens with one attached hydrogen (secondary N) is 2. The molecule has 0 radical (unpaired) electrons. The molecular weight excluding hydrogens is 396 g/mol. The van der Waals surface area contributed by atoms with E-state index in [9.17, 15) is 4.79 Å². The maximum absolute atomic E-state index is 13.0. The Morgan fingerprint density at radius 1 is 1.00 bits per heavy atom. The summed E-state index contributed by atoms with van der Waals surface area (Å²) in [6.07, 6.45) is 1.18. The maximum Gasteiger partial charge on any atom is 0.229 e. The number of carbonyl (C=O) groups is 1. The predicted molar refractivity (Wildman–Crippen MR) is 122 cm³/mol. The van der Waals surface area contributed by atoms with E-state index in [1.165, 1.54) is 0 Å². The lowest BCUT2D eigenvalue weighted by atomic mass is 9.75. The molecule has 0 bridgehead atoms. The first-order chi connectivity index (χ1) is 14.2. The molecule has 5 nitrogen and oxygen atoms in total. The van der Waals surface area contributed by atoms with E-state index >= 15 is 0 Å². The summed E-state index contributed by atoms with van der Waals surface area (Å²) in [5.74, 6) is 1.04. The Bertz CT molecular complexity index is 1140. The molecule has 0 saturated carbocycles. The number of rotatable bonds is 4. The molecule has 0 amide bonds. The van der Waals surface area contributed by atoms with Gasteiger partial charge in [-0.15, -0.1) is 0 Å². The zero-order valence-corrected chi connectivity index (χ0v) is 18.4. The van der Waals surface area contributed by atoms with Crippen molar-refractivity contribution in [2.75, 3.05) is 10.6 Å². The van der Waals surface area contributed by atoms with Gasteiger partial charge in [0.15, 0.2) is 5.78 Å². The van der Waals surface area contributed by atoms with Gasteiger partial charge in [-0.2, -0.15) is 4.98 Å². The van der Waals surface area contributed by atoms with Crippen LogP contribution < -0.4 is 10.6 Å². The second kappa shape index (κ2) is 7.73. The molecule has 3 aromatic rings. The first-order valence-electron chi connectivity index (χ1n) is 10.0. The van der Waals surface area contributed by atoms with Crippen molar-refractivity contribution in [3.8, 4) is 0 Å². The fourth-order valence-corrected chi connectivity index (χ4v) is 4.01. The molecule has 154 valence electrons. The number of aryl methyl sites for hydroxylation is 1. The van der Waals surface area contributed by atoms with Gasteiger partial charge in [-0.3, -0.25) is 4.79 Å². The van der Waals surface area contributed by atoms with Crippen LogP contribution in [0.2, 0.25) is 5.02 Å². The number of fused-ring (bicyclic) bond motifs is 1. The van der Waals surface area contributed by atoms with Crippen molar-refractivity contribution in [3.63, 3.8) is 0 Å². The molecule has 6 heteroatoms. The molecule has 0 saturated heterocycles. The Kier molecular flexibility index (Phi) is 5.24. The summed E-state index contributed by atoms with van der Waals surface area (Å²) < 4.78 is 0. The van der Waals surface area contributed by atoms with Gasteiger partial charge in [0.2, 0.25) is 5.95 Å². The SMILES string of the molecule is Cc1cccc(Nc2nc3c(c(Nc4cccc(Cl)c4C)n2)C(=O)CC(C)(C)C3)c1. The molecule has 1 aliphatic carbocycles. The number of nitrogens with zero attached hydrogens (tertiary/aromatic N) is 2. The van der Waals surface area contributed by atoms with Gasteiger partial charge in [0.05, 0.1) is 11.3 Å². The number of ketones is 1. The number of Topliss-reactive ketones (excluding diaryl/α,β-unsaturated/α-hetero) is 1. The largest absolute Gasteiger partial charge is 0.339 e. The van der Waals surface area contributed by atoms with Crippen molar-refractivity contribution in [3.05, 3.63) is 69.9 Å². The van der Waals surface area contributed by atoms with E-state index in [1.54, 1.807) is 0 Å². The second-order valence-corrected chi connectivity index (χ2v) is 9.10. The summed E-state index contributed by atoms with van der Waals surface area (Å²) in [6.45, 7) is 8.17. The minimum atomic E-state index is -0.137. The summed E-state index contributed by atoms with van der Waals surface area (Å²) in [7, 11) is 0. The molecule has 4 rings (SSSR count). The van der Waals surface area contributed by atoms with Crippen LogP contribution in [0.25, 0.3) is 0 Å². The van der Waals surface area contributed by atoms with Crippen LogP contribution >= 0.6 is 11.6 Å². The number of carbonyl (C=O) groups excluding carboxylic acids is 1. The summed E-state index contributed by atoms with van der Waals surface area (Å²) >= 11 is 6.29. The molecule has 1 aromatic heterocycles. The number of aromatic nitrogens is 2. The summed E-state index contributed by atoms with van der Waals surface area (Å²) in [5, 5.41) is 7.29. The number of benzene rings is 2. The van der Waals surface area contributed by atoms with Crippen molar-refractivity contribution >= 4 is 40.5 Å². The molecule has 0 unspecified atom stereocenters. The second-order valence-electron chi connectivity index (χ2n) is 8.69. The molecule has 0 spiro atoms. The predicted octanol–water partition coefficient (Wildman–Crippen LogP) is 6.39. The molecule has 0 atom stereocenters. The highest BCUT2D eigenvalue weighted by molar-refractivity contribution is 6.31. The zero-order chi connectivity index (χ0) is 21.5. The van der Waals surface area contributed by atoms with Crippen LogP contribution in [0.1, 0.15) is 47.4 Å². The van der Waals surface area contributed by atoms with Crippen LogP contribution in [0.4, 0.5) is 23.1 Å². The van der Waals surface area contributed by atoms with Gasteiger partial charge in [-0.05, 0) is 61.1 Å². The van der Waals surface area contributed by atoms with E-state index in [1.807, 2.05) is 56.3 Å². The van der Waals surface area contributed by atoms with Crippen molar-refractivity contribution < 1.29 is 4.79 Å². The molecule has 2 aromatic carbocycles. The maximum atomic E-state index is 13.0. The van der Waals surface area contributed by atoms with E-state index in [2.05, 4.69) is 29.5 Å². The van der Waals surface area contributed by atoms with E-state index in [0.717, 1.165) is 28.2 Å². The number of hydrogen-bond donors (Lipinski definition) is 2. The average molecular weight is 421 g/mol. The minimum absolute atomic E-state index is 0.0607. The molecule has 30 heavy (non-hydrogen) atoms. The fourth-order valence-electron chi connectivity index (χ4n) is 3.84. The van der Waals surface area contributed by atoms with Crippen LogP contribution in [-0.2, 0) is 6.42 Å². The highest BCUT2D eigenvalue weighted by atomic mass is 35.5. The van der Waals surface area contributed by atoms with E-state index in [4.69, 9.17) is 16.6 Å². The summed E-state index contributed by atoms with van der Waals surface area (Å²) in [4.78, 5) is 22.4. The first-order valence-corrected chi connectivity index (χ1v) is 10.4. The van der Waals surface area contributed by atoms with Gasteiger partial charge >= 0.3 is 0 Å². The number of hydrogen-bond acceptors (Lipinski definition) is 5. The van der Waals surface area contributed by atoms with Crippen LogP contribution in [0, 0.1) is 19.3 Å². The van der Waals surface area contributed by atoms with Crippen LogP contribution in [-0.4, -0.2) is 15.8 Å². The normalized spacial score (nSPS) is 14.9. The van der Waals surface area contributed by atoms with Gasteiger partial charge in [0.1, 0.15) is 5.82 Å². The van der Waals surface area contributed by atoms with Crippen LogP contribution in [0.15, 0.2) is 42.5 Å². The Hall–Kier alpha value is -2.92. The van der Waals surface area contributed by atoms with Crippen LogP contribution in [0.5, 0.6) is 0 Å². The molecular formula is C24H25ClN4O. The highest BCUT2D eigenvalue weighted by Crippen LogP contribution is 2.38. The first kappa shape index (κ1) is 20.4. The number of halogens is 1. The van der Waals surface area contributed by atoms with Crippen molar-refractivity contribution in [1.29, 1.82) is 0 Å². The zero-order valence-electron chi connectivity index (χ0n) is 17.6. The minimum Gasteiger partial charge on any atom is -0.339 e. The quantitative estimate of drug-likeness (QED) is 0.511. The lowest BCUT2D eigenvalue weighted by Crippen LogP contribution is -2.29. The molecule has 0 fully saturated rings. The summed E-state index contributed by atoms with van der Waals surface area (Å²) in [5.41, 5.74) is 4.98. The Morgan fingerprint density at radius 3 is 2.53 bits per heavy atom. The van der Waals surface area contributed by atoms with E-state index < -0.39 is 0 Å². The monoisotopic (exact) mass is 420 g/mol. The standard InChI is InChI=1S/C24H25ClN4O/c1-14-7-5-8-16(11-14)26-23-28-19-12-24(3,4)13-20(30)21(19)22(29-23)27-18-10-6-9-17(25)15(18)2/h5-11H,12-13H2,1-4H3,(H2,26,27,28,29). The molecule has 1 aliphatic rings. The van der Waals surface area contributed by atoms with Gasteiger partial charge in [-0.1, -0.05) is 43.6 Å². The van der Waals surface area contributed by atoms with Gasteiger partial charge in [-0.25, -0.2) is 4.98 Å².